The zero-order valence-electron chi connectivity index (χ0n) is 11.9. The van der Waals surface area contributed by atoms with Crippen LogP contribution in [0.15, 0.2) is 11.1 Å². The molecular formula is C15H19NO3. The van der Waals surface area contributed by atoms with Crippen LogP contribution in [0.1, 0.15) is 33.5 Å². The standard InChI is InChI=1S/C15H19NO3/c1-9-7-10(2)14(15(18-4)11(9)3)12(17)8-13-16-5-6-19-13/h7H,5-6,8H2,1-4H3. The van der Waals surface area contributed by atoms with Crippen LogP contribution in [-0.4, -0.2) is 31.9 Å². The lowest BCUT2D eigenvalue weighted by molar-refractivity contribution is 0.0991. The molecule has 0 unspecified atom stereocenters. The van der Waals surface area contributed by atoms with E-state index in [1.807, 2.05) is 26.8 Å². The minimum absolute atomic E-state index is 0.00176. The molecule has 0 aromatic heterocycles. The fourth-order valence-electron chi connectivity index (χ4n) is 2.36. The number of ether oxygens (including phenoxy) is 2. The van der Waals surface area contributed by atoms with Crippen LogP contribution in [0.25, 0.3) is 0 Å². The molecule has 0 fully saturated rings. The molecule has 0 radical (unpaired) electrons. The third kappa shape index (κ3) is 2.62. The maximum Gasteiger partial charge on any atom is 0.191 e. The highest BCUT2D eigenvalue weighted by Crippen LogP contribution is 2.30. The van der Waals surface area contributed by atoms with Gasteiger partial charge in [-0.05, 0) is 37.5 Å². The number of hydrogen-bond donors (Lipinski definition) is 0. The zero-order valence-corrected chi connectivity index (χ0v) is 11.9. The second kappa shape index (κ2) is 5.43. The first-order valence-corrected chi connectivity index (χ1v) is 6.38. The fraction of sp³-hybridized carbons (Fsp3) is 0.467. The van der Waals surface area contributed by atoms with Gasteiger partial charge < -0.3 is 9.47 Å². The summed E-state index contributed by atoms with van der Waals surface area (Å²) in [5, 5.41) is 0. The number of carbonyl (C=O) groups excluding carboxylic acids is 1. The highest BCUT2D eigenvalue weighted by molar-refractivity contribution is 6.10. The molecule has 0 saturated carbocycles. The maximum absolute atomic E-state index is 12.4. The highest BCUT2D eigenvalue weighted by Gasteiger charge is 2.21. The van der Waals surface area contributed by atoms with Gasteiger partial charge in [0.2, 0.25) is 0 Å². The minimum atomic E-state index is -0.00176. The summed E-state index contributed by atoms with van der Waals surface area (Å²) >= 11 is 0. The molecular weight excluding hydrogens is 242 g/mol. The quantitative estimate of drug-likeness (QED) is 0.783. The predicted octanol–water partition coefficient (Wildman–Crippen LogP) is 2.62. The van der Waals surface area contributed by atoms with Crippen molar-refractivity contribution in [3.63, 3.8) is 0 Å². The molecule has 19 heavy (non-hydrogen) atoms. The van der Waals surface area contributed by atoms with Crippen molar-refractivity contribution in [1.29, 1.82) is 0 Å². The van der Waals surface area contributed by atoms with Crippen molar-refractivity contribution in [2.24, 2.45) is 4.99 Å². The van der Waals surface area contributed by atoms with E-state index in [2.05, 4.69) is 4.99 Å². The van der Waals surface area contributed by atoms with Crippen LogP contribution >= 0.6 is 0 Å². The van der Waals surface area contributed by atoms with Crippen LogP contribution in [0.5, 0.6) is 5.75 Å². The van der Waals surface area contributed by atoms with Crippen LogP contribution in [0.3, 0.4) is 0 Å². The van der Waals surface area contributed by atoms with Gasteiger partial charge in [0.15, 0.2) is 11.7 Å². The van der Waals surface area contributed by atoms with E-state index in [1.54, 1.807) is 7.11 Å². The molecule has 0 saturated heterocycles. The first kappa shape index (κ1) is 13.6. The van der Waals surface area contributed by atoms with E-state index < -0.39 is 0 Å². The largest absolute Gasteiger partial charge is 0.496 e. The summed E-state index contributed by atoms with van der Waals surface area (Å²) in [7, 11) is 1.60. The maximum atomic E-state index is 12.4. The van der Waals surface area contributed by atoms with Gasteiger partial charge in [-0.1, -0.05) is 6.07 Å². The van der Waals surface area contributed by atoms with Gasteiger partial charge in [0.25, 0.3) is 0 Å². The monoisotopic (exact) mass is 261 g/mol. The molecule has 0 bridgehead atoms. The van der Waals surface area contributed by atoms with E-state index in [-0.39, 0.29) is 12.2 Å². The first-order chi connectivity index (χ1) is 9.04. The van der Waals surface area contributed by atoms with Crippen LogP contribution in [-0.2, 0) is 4.74 Å². The lowest BCUT2D eigenvalue weighted by atomic mass is 9.95. The molecule has 4 nitrogen and oxygen atoms in total. The Bertz CT molecular complexity index is 547. The fourth-order valence-corrected chi connectivity index (χ4v) is 2.36. The van der Waals surface area contributed by atoms with Crippen LogP contribution < -0.4 is 4.74 Å². The summed E-state index contributed by atoms with van der Waals surface area (Å²) < 4.78 is 10.7. The second-order valence-electron chi connectivity index (χ2n) is 4.77. The van der Waals surface area contributed by atoms with E-state index in [0.717, 1.165) is 16.7 Å². The molecule has 102 valence electrons. The molecule has 0 N–H and O–H groups in total. The molecule has 0 aliphatic carbocycles. The van der Waals surface area contributed by atoms with E-state index in [4.69, 9.17) is 9.47 Å². The van der Waals surface area contributed by atoms with Crippen LogP contribution in [0.2, 0.25) is 0 Å². The average Bonchev–Trinajstić information content (AvgIpc) is 2.85. The molecule has 4 heteroatoms. The van der Waals surface area contributed by atoms with E-state index in [1.165, 1.54) is 0 Å². The van der Waals surface area contributed by atoms with E-state index >= 15 is 0 Å². The summed E-state index contributed by atoms with van der Waals surface area (Å²) in [6.07, 6.45) is 0.208. The Kier molecular flexibility index (Phi) is 3.88. The number of ketones is 1. The number of carbonyl (C=O) groups is 1. The Morgan fingerprint density at radius 3 is 2.68 bits per heavy atom. The third-order valence-electron chi connectivity index (χ3n) is 3.43. The van der Waals surface area contributed by atoms with Gasteiger partial charge in [0.1, 0.15) is 12.4 Å². The molecule has 1 aliphatic heterocycles. The van der Waals surface area contributed by atoms with Crippen molar-refractivity contribution in [3.8, 4) is 5.75 Å². The smallest absolute Gasteiger partial charge is 0.191 e. The number of aliphatic imine (C=N–C) groups is 1. The summed E-state index contributed by atoms with van der Waals surface area (Å²) in [6, 6.07) is 2.02. The van der Waals surface area contributed by atoms with Gasteiger partial charge in [0, 0.05) is 0 Å². The summed E-state index contributed by atoms with van der Waals surface area (Å²) in [5.74, 6) is 1.20. The van der Waals surface area contributed by atoms with Crippen LogP contribution in [0.4, 0.5) is 0 Å². The van der Waals surface area contributed by atoms with Crippen molar-refractivity contribution in [3.05, 3.63) is 28.3 Å². The Morgan fingerprint density at radius 1 is 1.37 bits per heavy atom. The molecule has 1 aromatic carbocycles. The minimum Gasteiger partial charge on any atom is -0.496 e. The number of Topliss-reactive ketones (excluding diaryl/α,β-unsaturated/α-hetero) is 1. The molecule has 2 rings (SSSR count). The Hall–Kier alpha value is -1.84. The molecule has 1 aromatic rings. The van der Waals surface area contributed by atoms with Gasteiger partial charge in [-0.25, -0.2) is 0 Å². The van der Waals surface area contributed by atoms with E-state index in [0.29, 0.717) is 30.4 Å². The third-order valence-corrected chi connectivity index (χ3v) is 3.43. The van der Waals surface area contributed by atoms with Gasteiger partial charge in [-0.3, -0.25) is 9.79 Å². The molecule has 0 amide bonds. The summed E-state index contributed by atoms with van der Waals surface area (Å²) in [5.41, 5.74) is 3.71. The normalized spacial score (nSPS) is 14.0. The number of hydrogen-bond acceptors (Lipinski definition) is 4. The van der Waals surface area contributed by atoms with Crippen molar-refractivity contribution in [1.82, 2.24) is 0 Å². The average molecular weight is 261 g/mol. The summed E-state index contributed by atoms with van der Waals surface area (Å²) in [4.78, 5) is 16.6. The molecule has 1 heterocycles. The van der Waals surface area contributed by atoms with Crippen molar-refractivity contribution in [2.45, 2.75) is 27.2 Å². The van der Waals surface area contributed by atoms with Gasteiger partial charge in [-0.2, -0.15) is 0 Å². The zero-order chi connectivity index (χ0) is 14.0. The number of benzene rings is 1. The Labute approximate surface area is 113 Å². The number of rotatable bonds is 4. The molecule has 0 spiro atoms. The van der Waals surface area contributed by atoms with Crippen molar-refractivity contribution >= 4 is 11.7 Å². The number of methoxy groups -OCH3 is 1. The predicted molar refractivity (Wildman–Crippen MR) is 74.4 cm³/mol. The topological polar surface area (TPSA) is 47.9 Å². The SMILES string of the molecule is COc1c(C)c(C)cc(C)c1C(=O)CC1=NCCO1. The summed E-state index contributed by atoms with van der Waals surface area (Å²) in [6.45, 7) is 7.13. The lowest BCUT2D eigenvalue weighted by Gasteiger charge is -2.15. The first-order valence-electron chi connectivity index (χ1n) is 6.38. The Balaban J connectivity index is 2.37. The van der Waals surface area contributed by atoms with Crippen LogP contribution in [0, 0.1) is 20.8 Å². The van der Waals surface area contributed by atoms with Gasteiger partial charge in [-0.15, -0.1) is 0 Å². The van der Waals surface area contributed by atoms with E-state index in [9.17, 15) is 4.79 Å². The number of nitrogens with zero attached hydrogens (tertiary/aromatic N) is 1. The molecule has 1 aliphatic rings. The molecule has 0 atom stereocenters. The second-order valence-corrected chi connectivity index (χ2v) is 4.77. The van der Waals surface area contributed by atoms with Gasteiger partial charge >= 0.3 is 0 Å². The Morgan fingerprint density at radius 2 is 2.11 bits per heavy atom. The van der Waals surface area contributed by atoms with Crippen molar-refractivity contribution in [2.75, 3.05) is 20.3 Å². The highest BCUT2D eigenvalue weighted by atomic mass is 16.5. The van der Waals surface area contributed by atoms with Crippen molar-refractivity contribution < 1.29 is 14.3 Å². The number of aryl methyl sites for hydroxylation is 2. The van der Waals surface area contributed by atoms with Gasteiger partial charge in [0.05, 0.1) is 25.6 Å². The lowest BCUT2D eigenvalue weighted by Crippen LogP contribution is -2.12.